The molecule has 13 heavy (non-hydrogen) atoms. The first-order valence-corrected chi connectivity index (χ1v) is 4.12. The largest absolute Gasteiger partial charge is 0.394 e. The number of anilines is 2. The lowest BCUT2D eigenvalue weighted by molar-refractivity contribution is 0.888. The predicted octanol–water partition coefficient (Wildman–Crippen LogP) is 0.243. The highest BCUT2D eigenvalue weighted by atomic mass is 16.2. The molecular formula is C9H12N2O2. The van der Waals surface area contributed by atoms with Gasteiger partial charge in [-0.05, 0) is 12.8 Å². The summed E-state index contributed by atoms with van der Waals surface area (Å²) < 4.78 is 0. The number of allylic oxidation sites excluding steroid dienone is 1. The molecule has 0 aromatic heterocycles. The molecule has 0 saturated carbocycles. The highest BCUT2D eigenvalue weighted by Crippen LogP contribution is 2.08. The van der Waals surface area contributed by atoms with Crippen molar-refractivity contribution in [1.29, 1.82) is 0 Å². The second kappa shape index (κ2) is 3.89. The molecule has 3 N–H and O–H groups in total. The van der Waals surface area contributed by atoms with Crippen LogP contribution in [0.5, 0.6) is 0 Å². The van der Waals surface area contributed by atoms with Crippen molar-refractivity contribution < 1.29 is 0 Å². The van der Waals surface area contributed by atoms with Crippen molar-refractivity contribution in [2.75, 3.05) is 17.6 Å². The number of rotatable bonds is 5. The van der Waals surface area contributed by atoms with E-state index in [9.17, 15) is 9.59 Å². The van der Waals surface area contributed by atoms with E-state index in [0.29, 0.717) is 6.54 Å². The molecule has 0 fully saturated rings. The fourth-order valence-electron chi connectivity index (χ4n) is 1.04. The van der Waals surface area contributed by atoms with Gasteiger partial charge in [-0.3, -0.25) is 9.59 Å². The third-order valence-electron chi connectivity index (χ3n) is 1.83. The van der Waals surface area contributed by atoms with E-state index in [1.165, 1.54) is 0 Å². The van der Waals surface area contributed by atoms with Gasteiger partial charge in [-0.15, -0.1) is 6.58 Å². The summed E-state index contributed by atoms with van der Waals surface area (Å²) in [5.41, 5.74) is 4.55. The molecule has 1 aromatic rings. The minimum atomic E-state index is -0.578. The summed E-state index contributed by atoms with van der Waals surface area (Å²) in [7, 11) is 0. The van der Waals surface area contributed by atoms with Crippen molar-refractivity contribution in [3.05, 3.63) is 33.1 Å². The average Bonchev–Trinajstić information content (AvgIpc) is 2.16. The average molecular weight is 180 g/mol. The van der Waals surface area contributed by atoms with E-state index >= 15 is 0 Å². The van der Waals surface area contributed by atoms with E-state index in [-0.39, 0.29) is 11.4 Å². The summed E-state index contributed by atoms with van der Waals surface area (Å²) >= 11 is 0. The van der Waals surface area contributed by atoms with Crippen LogP contribution in [0.2, 0.25) is 0 Å². The number of unbranched alkanes of at least 4 members (excludes halogenated alkanes) is 1. The fraction of sp³-hybridized carbons (Fsp3) is 0.333. The molecule has 0 saturated heterocycles. The maximum Gasteiger partial charge on any atom is 0.253 e. The van der Waals surface area contributed by atoms with E-state index in [1.54, 1.807) is 6.08 Å². The molecule has 1 rings (SSSR count). The summed E-state index contributed by atoms with van der Waals surface area (Å²) in [5.74, 6) is 0. The zero-order valence-electron chi connectivity index (χ0n) is 7.30. The fourth-order valence-corrected chi connectivity index (χ4v) is 1.04. The Morgan fingerprint density at radius 1 is 1.38 bits per heavy atom. The molecular weight excluding hydrogens is 168 g/mol. The molecule has 0 heterocycles. The van der Waals surface area contributed by atoms with Crippen LogP contribution >= 0.6 is 0 Å². The maximum absolute atomic E-state index is 10.9. The topological polar surface area (TPSA) is 72.2 Å². The summed E-state index contributed by atoms with van der Waals surface area (Å²) in [6.45, 7) is 4.21. The van der Waals surface area contributed by atoms with Gasteiger partial charge in [0.05, 0.1) is 0 Å². The van der Waals surface area contributed by atoms with Gasteiger partial charge in [-0.2, -0.15) is 0 Å². The van der Waals surface area contributed by atoms with Crippen LogP contribution in [0.1, 0.15) is 12.8 Å². The Hall–Kier alpha value is -1.58. The van der Waals surface area contributed by atoms with Gasteiger partial charge in [0.25, 0.3) is 10.9 Å². The van der Waals surface area contributed by atoms with Crippen molar-refractivity contribution in [3.8, 4) is 0 Å². The second-order valence-corrected chi connectivity index (χ2v) is 2.80. The molecule has 4 nitrogen and oxygen atoms in total. The van der Waals surface area contributed by atoms with E-state index in [1.807, 2.05) is 0 Å². The van der Waals surface area contributed by atoms with Crippen LogP contribution in [0.15, 0.2) is 22.2 Å². The molecule has 1 aromatic carbocycles. The van der Waals surface area contributed by atoms with Crippen LogP contribution < -0.4 is 21.9 Å². The summed E-state index contributed by atoms with van der Waals surface area (Å²) in [6.07, 6.45) is 3.55. The van der Waals surface area contributed by atoms with Crippen molar-refractivity contribution in [2.24, 2.45) is 0 Å². The molecule has 0 aliphatic carbocycles. The number of hydrogen-bond acceptors (Lipinski definition) is 4. The minimum absolute atomic E-state index is 0.0589. The third kappa shape index (κ3) is 1.77. The third-order valence-corrected chi connectivity index (χ3v) is 1.83. The summed E-state index contributed by atoms with van der Waals surface area (Å²) in [6, 6.07) is 0. The first-order valence-electron chi connectivity index (χ1n) is 4.12. The Morgan fingerprint density at radius 3 is 2.62 bits per heavy atom. The highest BCUT2D eigenvalue weighted by molar-refractivity contribution is 5.71. The van der Waals surface area contributed by atoms with Gasteiger partial charge in [0.1, 0.15) is 11.4 Å². The van der Waals surface area contributed by atoms with Gasteiger partial charge < -0.3 is 11.1 Å². The molecule has 4 heteroatoms. The van der Waals surface area contributed by atoms with Crippen LogP contribution in [0.25, 0.3) is 0 Å². The zero-order chi connectivity index (χ0) is 9.84. The number of nitrogen functional groups attached to an aromatic ring is 1. The van der Waals surface area contributed by atoms with Gasteiger partial charge in [-0.25, -0.2) is 0 Å². The molecule has 0 radical (unpaired) electrons. The van der Waals surface area contributed by atoms with Gasteiger partial charge in [0, 0.05) is 6.54 Å². The Bertz CT molecular complexity index is 375. The normalized spacial score (nSPS) is 10.2. The quantitative estimate of drug-likeness (QED) is 0.387. The molecule has 0 amide bonds. The first-order chi connectivity index (χ1) is 6.18. The van der Waals surface area contributed by atoms with Gasteiger partial charge in [-0.1, -0.05) is 6.08 Å². The first kappa shape index (κ1) is 9.51. The molecule has 0 aliphatic rings. The van der Waals surface area contributed by atoms with E-state index in [4.69, 9.17) is 5.73 Å². The van der Waals surface area contributed by atoms with Gasteiger partial charge >= 0.3 is 0 Å². The van der Waals surface area contributed by atoms with Crippen molar-refractivity contribution >= 4 is 11.4 Å². The minimum Gasteiger partial charge on any atom is -0.394 e. The monoisotopic (exact) mass is 180 g/mol. The Morgan fingerprint density at radius 2 is 2.08 bits per heavy atom. The highest BCUT2D eigenvalue weighted by Gasteiger charge is 2.16. The maximum atomic E-state index is 10.9. The molecule has 0 atom stereocenters. The Labute approximate surface area is 75.8 Å². The molecule has 0 bridgehead atoms. The summed E-state index contributed by atoms with van der Waals surface area (Å²) in [4.78, 5) is 21.5. The number of hydrogen-bond donors (Lipinski definition) is 2. The smallest absolute Gasteiger partial charge is 0.253 e. The van der Waals surface area contributed by atoms with Crippen LogP contribution in [0, 0.1) is 0 Å². The lowest BCUT2D eigenvalue weighted by Crippen LogP contribution is -2.37. The number of nitrogens with two attached hydrogens (primary N) is 1. The Kier molecular flexibility index (Phi) is 2.84. The lowest BCUT2D eigenvalue weighted by atomic mass is 10.2. The Balaban J connectivity index is 2.43. The zero-order valence-corrected chi connectivity index (χ0v) is 7.30. The van der Waals surface area contributed by atoms with Crippen molar-refractivity contribution in [3.63, 3.8) is 0 Å². The van der Waals surface area contributed by atoms with Crippen molar-refractivity contribution in [1.82, 2.24) is 0 Å². The standard InChI is InChI=1S/C9H12N2O2/c1-2-3-4-5-11-7-6(10)8(12)9(7)13/h2,11H,1,3-5,10H2. The predicted molar refractivity (Wildman–Crippen MR) is 53.7 cm³/mol. The van der Waals surface area contributed by atoms with Crippen LogP contribution in [0.4, 0.5) is 11.4 Å². The van der Waals surface area contributed by atoms with E-state index in [0.717, 1.165) is 12.8 Å². The molecule has 70 valence electrons. The molecule has 0 spiro atoms. The van der Waals surface area contributed by atoms with Crippen LogP contribution in [-0.4, -0.2) is 6.54 Å². The van der Waals surface area contributed by atoms with Crippen LogP contribution in [0.3, 0.4) is 0 Å². The van der Waals surface area contributed by atoms with Gasteiger partial charge in [0.2, 0.25) is 0 Å². The van der Waals surface area contributed by atoms with E-state index in [2.05, 4.69) is 11.9 Å². The van der Waals surface area contributed by atoms with E-state index < -0.39 is 10.9 Å². The van der Waals surface area contributed by atoms with Gasteiger partial charge in [0.15, 0.2) is 0 Å². The SMILES string of the molecule is C=CCCCNc1c(N)c(=O)c1=O. The number of nitrogens with one attached hydrogen (secondary N) is 1. The summed E-state index contributed by atoms with van der Waals surface area (Å²) in [5, 5.41) is 2.82. The molecule has 0 aliphatic heterocycles. The molecule has 0 unspecified atom stereocenters. The lowest BCUT2D eigenvalue weighted by Gasteiger charge is -2.08. The van der Waals surface area contributed by atoms with Crippen molar-refractivity contribution in [2.45, 2.75) is 12.8 Å². The second-order valence-electron chi connectivity index (χ2n) is 2.80. The van der Waals surface area contributed by atoms with Crippen LogP contribution in [-0.2, 0) is 0 Å².